The molecular formula is C11H21NO2S. The fraction of sp³-hybridized carbons (Fsp3) is 0.909. The molecule has 1 aliphatic rings. The van der Waals surface area contributed by atoms with Crippen LogP contribution >= 0.6 is 11.8 Å². The summed E-state index contributed by atoms with van der Waals surface area (Å²) >= 11 is 1.87. The summed E-state index contributed by atoms with van der Waals surface area (Å²) in [6.07, 6.45) is 2.88. The third-order valence-corrected chi connectivity index (χ3v) is 4.83. The fourth-order valence-electron chi connectivity index (χ4n) is 1.39. The summed E-state index contributed by atoms with van der Waals surface area (Å²) in [6.45, 7) is 4.17. The second kappa shape index (κ2) is 5.21. The van der Waals surface area contributed by atoms with Crippen LogP contribution in [0.1, 0.15) is 33.1 Å². The lowest BCUT2D eigenvalue weighted by atomic mass is 10.1. The molecule has 0 bridgehead atoms. The van der Waals surface area contributed by atoms with Crippen LogP contribution in [-0.2, 0) is 9.53 Å². The van der Waals surface area contributed by atoms with E-state index in [9.17, 15) is 4.79 Å². The summed E-state index contributed by atoms with van der Waals surface area (Å²) in [4.78, 5) is 11.2. The number of carbonyl (C=O) groups excluding carboxylic acids is 1. The zero-order chi connectivity index (χ0) is 11.5. The molecule has 88 valence electrons. The number of nitrogens with two attached hydrogens (primary N) is 1. The summed E-state index contributed by atoms with van der Waals surface area (Å²) in [5.74, 6) is 0.951. The van der Waals surface area contributed by atoms with Crippen LogP contribution < -0.4 is 5.73 Å². The van der Waals surface area contributed by atoms with E-state index in [1.54, 1.807) is 0 Å². The van der Waals surface area contributed by atoms with Crippen LogP contribution in [0.4, 0.5) is 0 Å². The Labute approximate surface area is 96.1 Å². The maximum Gasteiger partial charge on any atom is 0.306 e. The largest absolute Gasteiger partial charge is 0.469 e. The lowest BCUT2D eigenvalue weighted by Crippen LogP contribution is -2.27. The van der Waals surface area contributed by atoms with Crippen molar-refractivity contribution in [2.45, 2.75) is 44.4 Å². The first-order valence-electron chi connectivity index (χ1n) is 5.43. The Morgan fingerprint density at radius 2 is 2.13 bits per heavy atom. The van der Waals surface area contributed by atoms with E-state index in [4.69, 9.17) is 10.5 Å². The van der Waals surface area contributed by atoms with Crippen molar-refractivity contribution in [1.82, 2.24) is 0 Å². The minimum absolute atomic E-state index is 0.0819. The topological polar surface area (TPSA) is 52.3 Å². The number of thioether (sulfide) groups is 1. The van der Waals surface area contributed by atoms with Crippen molar-refractivity contribution in [3.05, 3.63) is 0 Å². The SMILES string of the molecule is COC(=O)CC1(CSC(C)C(C)N)CC1. The van der Waals surface area contributed by atoms with E-state index in [2.05, 4.69) is 6.92 Å². The molecule has 0 heterocycles. The average Bonchev–Trinajstić information content (AvgIpc) is 2.94. The summed E-state index contributed by atoms with van der Waals surface area (Å²) < 4.78 is 4.71. The van der Waals surface area contributed by atoms with Crippen LogP contribution in [0.5, 0.6) is 0 Å². The minimum Gasteiger partial charge on any atom is -0.469 e. The second-order valence-electron chi connectivity index (χ2n) is 4.63. The molecule has 4 heteroatoms. The monoisotopic (exact) mass is 231 g/mol. The molecule has 0 saturated heterocycles. The Kier molecular flexibility index (Phi) is 4.46. The number of rotatable bonds is 6. The highest BCUT2D eigenvalue weighted by Crippen LogP contribution is 2.51. The number of hydrogen-bond acceptors (Lipinski definition) is 4. The number of ether oxygens (including phenoxy) is 1. The highest BCUT2D eigenvalue weighted by Gasteiger charge is 2.44. The van der Waals surface area contributed by atoms with Crippen molar-refractivity contribution in [3.8, 4) is 0 Å². The maximum atomic E-state index is 11.2. The molecule has 1 saturated carbocycles. The summed E-state index contributed by atoms with van der Waals surface area (Å²) in [5, 5.41) is 0.458. The zero-order valence-corrected chi connectivity index (χ0v) is 10.6. The van der Waals surface area contributed by atoms with Crippen molar-refractivity contribution in [2.24, 2.45) is 11.1 Å². The van der Waals surface area contributed by atoms with Gasteiger partial charge in [0.2, 0.25) is 0 Å². The van der Waals surface area contributed by atoms with Crippen molar-refractivity contribution in [2.75, 3.05) is 12.9 Å². The van der Waals surface area contributed by atoms with Gasteiger partial charge in [0, 0.05) is 11.3 Å². The molecular weight excluding hydrogens is 210 g/mol. The third kappa shape index (κ3) is 4.03. The van der Waals surface area contributed by atoms with Crippen molar-refractivity contribution >= 4 is 17.7 Å². The number of hydrogen-bond donors (Lipinski definition) is 1. The lowest BCUT2D eigenvalue weighted by Gasteiger charge is -2.19. The number of methoxy groups -OCH3 is 1. The molecule has 0 aliphatic heterocycles. The first-order chi connectivity index (χ1) is 6.99. The van der Waals surface area contributed by atoms with Gasteiger partial charge >= 0.3 is 5.97 Å². The molecule has 2 unspecified atom stereocenters. The van der Waals surface area contributed by atoms with Crippen LogP contribution in [0.15, 0.2) is 0 Å². The molecule has 15 heavy (non-hydrogen) atoms. The number of esters is 1. The Morgan fingerprint density at radius 1 is 1.53 bits per heavy atom. The molecule has 1 fully saturated rings. The van der Waals surface area contributed by atoms with Crippen LogP contribution in [0.25, 0.3) is 0 Å². The normalized spacial score (nSPS) is 21.9. The lowest BCUT2D eigenvalue weighted by molar-refractivity contribution is -0.141. The standard InChI is InChI=1S/C11H21NO2S/c1-8(12)9(2)15-7-11(4-5-11)6-10(13)14-3/h8-9H,4-7,12H2,1-3H3. The van der Waals surface area contributed by atoms with Gasteiger partial charge in [0.05, 0.1) is 13.5 Å². The predicted molar refractivity (Wildman–Crippen MR) is 63.9 cm³/mol. The Morgan fingerprint density at radius 3 is 2.53 bits per heavy atom. The molecule has 1 rings (SSSR count). The van der Waals surface area contributed by atoms with Crippen LogP contribution in [-0.4, -0.2) is 30.1 Å². The molecule has 0 aromatic carbocycles. The molecule has 2 N–H and O–H groups in total. The minimum atomic E-state index is -0.0819. The summed E-state index contributed by atoms with van der Waals surface area (Å²) in [5.41, 5.74) is 6.02. The predicted octanol–water partition coefficient (Wildman–Crippen LogP) is 1.80. The molecule has 2 atom stereocenters. The summed E-state index contributed by atoms with van der Waals surface area (Å²) in [6, 6.07) is 0.212. The average molecular weight is 231 g/mol. The maximum absolute atomic E-state index is 11.2. The van der Waals surface area contributed by atoms with Gasteiger partial charge in [-0.15, -0.1) is 0 Å². The molecule has 0 amide bonds. The second-order valence-corrected chi connectivity index (χ2v) is 5.99. The smallest absolute Gasteiger partial charge is 0.306 e. The van der Waals surface area contributed by atoms with Gasteiger partial charge in [0.15, 0.2) is 0 Å². The Balaban J connectivity index is 2.28. The van der Waals surface area contributed by atoms with Crippen molar-refractivity contribution in [1.29, 1.82) is 0 Å². The fourth-order valence-corrected chi connectivity index (χ4v) is 2.70. The highest BCUT2D eigenvalue weighted by molar-refractivity contribution is 7.99. The van der Waals surface area contributed by atoms with Gasteiger partial charge in [0.25, 0.3) is 0 Å². The van der Waals surface area contributed by atoms with Gasteiger partial charge in [-0.3, -0.25) is 4.79 Å². The van der Waals surface area contributed by atoms with Gasteiger partial charge < -0.3 is 10.5 Å². The molecule has 3 nitrogen and oxygen atoms in total. The van der Waals surface area contributed by atoms with Crippen molar-refractivity contribution in [3.63, 3.8) is 0 Å². The Bertz CT molecular complexity index is 227. The first kappa shape index (κ1) is 12.8. The quantitative estimate of drug-likeness (QED) is 0.708. The van der Waals surface area contributed by atoms with Crippen LogP contribution in [0.2, 0.25) is 0 Å². The third-order valence-electron chi connectivity index (χ3n) is 3.10. The van der Waals surface area contributed by atoms with Gasteiger partial charge in [0.1, 0.15) is 0 Å². The van der Waals surface area contributed by atoms with E-state index in [1.807, 2.05) is 18.7 Å². The molecule has 0 aromatic rings. The van der Waals surface area contributed by atoms with Gasteiger partial charge in [-0.1, -0.05) is 6.92 Å². The van der Waals surface area contributed by atoms with Crippen molar-refractivity contribution < 1.29 is 9.53 Å². The molecule has 0 radical (unpaired) electrons. The highest BCUT2D eigenvalue weighted by atomic mass is 32.2. The Hall–Kier alpha value is -0.220. The molecule has 1 aliphatic carbocycles. The van der Waals surface area contributed by atoms with Gasteiger partial charge in [-0.05, 0) is 30.9 Å². The first-order valence-corrected chi connectivity index (χ1v) is 6.48. The molecule has 0 spiro atoms. The number of carbonyl (C=O) groups is 1. The van der Waals surface area contributed by atoms with Gasteiger partial charge in [-0.25, -0.2) is 0 Å². The zero-order valence-electron chi connectivity index (χ0n) is 9.79. The van der Waals surface area contributed by atoms with E-state index < -0.39 is 0 Å². The van der Waals surface area contributed by atoms with E-state index in [1.165, 1.54) is 7.11 Å². The van der Waals surface area contributed by atoms with E-state index in [0.29, 0.717) is 11.7 Å². The van der Waals surface area contributed by atoms with E-state index >= 15 is 0 Å². The summed E-state index contributed by atoms with van der Waals surface area (Å²) in [7, 11) is 1.45. The van der Waals surface area contributed by atoms with Crippen LogP contribution in [0, 0.1) is 5.41 Å². The van der Waals surface area contributed by atoms with E-state index in [0.717, 1.165) is 18.6 Å². The van der Waals surface area contributed by atoms with Crippen LogP contribution in [0.3, 0.4) is 0 Å². The van der Waals surface area contributed by atoms with E-state index in [-0.39, 0.29) is 17.4 Å². The molecule has 0 aromatic heterocycles. The van der Waals surface area contributed by atoms with Gasteiger partial charge in [-0.2, -0.15) is 11.8 Å².